The Hall–Kier alpha value is -2.64. The number of rotatable bonds is 4. The van der Waals surface area contributed by atoms with Crippen LogP contribution in [0.15, 0.2) is 46.2 Å². The molecule has 1 aromatic heterocycles. The summed E-state index contributed by atoms with van der Waals surface area (Å²) in [4.78, 5) is 16.0. The summed E-state index contributed by atoms with van der Waals surface area (Å²) < 4.78 is 22.9. The van der Waals surface area contributed by atoms with Crippen LogP contribution in [0, 0.1) is 6.92 Å². The lowest BCUT2D eigenvalue weighted by molar-refractivity contribution is 0.464. The summed E-state index contributed by atoms with van der Waals surface area (Å²) in [6.07, 6.45) is 1.12. The fourth-order valence-electron chi connectivity index (χ4n) is 2.47. The molecule has 7 nitrogen and oxygen atoms in total. The number of hydrazine groups is 1. The van der Waals surface area contributed by atoms with Crippen LogP contribution in [0.5, 0.6) is 11.5 Å². The third kappa shape index (κ3) is 4.04. The summed E-state index contributed by atoms with van der Waals surface area (Å²) in [5.74, 6) is 0.604. The lowest BCUT2D eigenvalue weighted by atomic mass is 10.2. The molecule has 0 fully saturated rings. The van der Waals surface area contributed by atoms with Crippen LogP contribution in [0.2, 0.25) is 10.0 Å². The maximum absolute atomic E-state index is 12.2. The lowest BCUT2D eigenvalue weighted by Crippen LogP contribution is -2.40. The number of hydrogen-bond donors (Lipinski definition) is 2. The number of amidine groups is 1. The predicted molar refractivity (Wildman–Crippen MR) is 109 cm³/mol. The van der Waals surface area contributed by atoms with Gasteiger partial charge < -0.3 is 15.0 Å². The Bertz CT molecular complexity index is 1080. The van der Waals surface area contributed by atoms with Crippen LogP contribution < -0.4 is 26.5 Å². The minimum absolute atomic E-state index is 0.0139. The summed E-state index contributed by atoms with van der Waals surface area (Å²) >= 11 is 12.8. The monoisotopic (exact) mass is 409 g/mol. The molecule has 0 saturated heterocycles. The van der Waals surface area contributed by atoms with E-state index in [1.165, 1.54) is 17.1 Å². The van der Waals surface area contributed by atoms with E-state index < -0.39 is 0 Å². The van der Waals surface area contributed by atoms with Crippen molar-refractivity contribution in [2.24, 2.45) is 10.7 Å². The maximum atomic E-state index is 12.2. The number of hydrogen-bond acceptors (Lipinski definition) is 6. The van der Waals surface area contributed by atoms with Gasteiger partial charge in [0.2, 0.25) is 0 Å². The summed E-state index contributed by atoms with van der Waals surface area (Å²) in [6, 6.07) is 4.61. The third-order valence-electron chi connectivity index (χ3n) is 3.77. The number of anilines is 1. The van der Waals surface area contributed by atoms with Crippen molar-refractivity contribution < 1.29 is 7.48 Å². The van der Waals surface area contributed by atoms with Crippen molar-refractivity contribution in [3.05, 3.63) is 62.4 Å². The van der Waals surface area contributed by atoms with Crippen molar-refractivity contribution in [3.8, 4) is 11.5 Å². The first kappa shape index (κ1) is 16.5. The fourth-order valence-corrected chi connectivity index (χ4v) is 3.02. The number of aliphatic imine (C=N–C) groups is 1. The molecular formula is C18H19Cl2N5O2. The van der Waals surface area contributed by atoms with Crippen molar-refractivity contribution in [2.75, 3.05) is 5.01 Å². The number of benzene rings is 1. The number of pyridine rings is 1. The van der Waals surface area contributed by atoms with Crippen LogP contribution in [-0.4, -0.2) is 10.9 Å². The van der Waals surface area contributed by atoms with Crippen molar-refractivity contribution >= 4 is 35.2 Å². The Balaban J connectivity index is 1.96. The van der Waals surface area contributed by atoms with Gasteiger partial charge >= 0.3 is 0 Å². The molecule has 142 valence electrons. The van der Waals surface area contributed by atoms with E-state index in [1.54, 1.807) is 23.8 Å². The highest BCUT2D eigenvalue weighted by Gasteiger charge is 2.16. The van der Waals surface area contributed by atoms with E-state index in [0.717, 1.165) is 0 Å². The second kappa shape index (κ2) is 7.54. The second-order valence-electron chi connectivity index (χ2n) is 6.19. The lowest BCUT2D eigenvalue weighted by Gasteiger charge is -2.24. The molecule has 9 heteroatoms. The van der Waals surface area contributed by atoms with Gasteiger partial charge in [-0.1, -0.05) is 23.2 Å². The predicted octanol–water partition coefficient (Wildman–Crippen LogP) is 3.95. The van der Waals surface area contributed by atoms with E-state index in [9.17, 15) is 4.79 Å². The van der Waals surface area contributed by atoms with Crippen LogP contribution in [0.3, 0.4) is 0 Å². The SMILES string of the molecule is [2H]C1=NC([2H])=C(N)NN1c1cc(Cl)c(Oc2cc(C)c(=O)n(C(C)C)c2)c(Cl)c1. The number of aromatic nitrogens is 1. The number of halogens is 2. The van der Waals surface area contributed by atoms with Gasteiger partial charge in [0.15, 0.2) is 5.75 Å². The van der Waals surface area contributed by atoms with Crippen LogP contribution in [-0.2, 0) is 0 Å². The van der Waals surface area contributed by atoms with Gasteiger partial charge in [0, 0.05) is 11.6 Å². The Kier molecular flexibility index (Phi) is 4.61. The normalized spacial score (nSPS) is 15.3. The smallest absolute Gasteiger partial charge is 0.253 e. The zero-order valence-electron chi connectivity index (χ0n) is 16.9. The van der Waals surface area contributed by atoms with Gasteiger partial charge in [-0.25, -0.2) is 10.0 Å². The van der Waals surface area contributed by atoms with Crippen LogP contribution in [0.4, 0.5) is 5.69 Å². The number of aryl methyl sites for hydroxylation is 1. The summed E-state index contributed by atoms with van der Waals surface area (Å²) in [5, 5.41) is 1.60. The molecule has 0 bridgehead atoms. The van der Waals surface area contributed by atoms with Crippen LogP contribution in [0.1, 0.15) is 28.2 Å². The Morgan fingerprint density at radius 3 is 2.59 bits per heavy atom. The molecule has 0 atom stereocenters. The van der Waals surface area contributed by atoms with E-state index in [4.69, 9.17) is 36.4 Å². The number of nitrogens with one attached hydrogen (secondary N) is 1. The Morgan fingerprint density at radius 2 is 1.96 bits per heavy atom. The molecule has 0 saturated carbocycles. The van der Waals surface area contributed by atoms with E-state index in [1.807, 2.05) is 13.8 Å². The first-order valence-electron chi connectivity index (χ1n) is 9.06. The molecule has 1 aromatic carbocycles. The molecule has 1 aliphatic heterocycles. The van der Waals surface area contributed by atoms with Gasteiger partial charge in [-0.15, -0.1) is 0 Å². The Labute approximate surface area is 169 Å². The molecule has 27 heavy (non-hydrogen) atoms. The molecular weight excluding hydrogens is 389 g/mol. The van der Waals surface area contributed by atoms with E-state index >= 15 is 0 Å². The minimum Gasteiger partial charge on any atom is -0.453 e. The fraction of sp³-hybridized carbons (Fsp3) is 0.222. The standard InChI is InChI=1S/C18H19Cl2N5O2/c1-10(2)24-8-13(4-11(3)18(24)26)27-17-14(19)5-12(6-15(17)20)25-9-22-7-16(21)23-25/h4-10,23H,21H2,1-3H3/i7D,9D. The van der Waals surface area contributed by atoms with Crippen molar-refractivity contribution in [3.63, 3.8) is 0 Å². The largest absolute Gasteiger partial charge is 0.453 e. The van der Waals surface area contributed by atoms with Crippen LogP contribution in [0.25, 0.3) is 0 Å². The number of ether oxygens (including phenoxy) is 1. The molecule has 3 rings (SSSR count). The third-order valence-corrected chi connectivity index (χ3v) is 4.33. The number of nitrogens with two attached hydrogens (primary N) is 1. The zero-order valence-corrected chi connectivity index (χ0v) is 16.4. The quantitative estimate of drug-likeness (QED) is 0.798. The van der Waals surface area contributed by atoms with Crippen molar-refractivity contribution in [1.82, 2.24) is 9.99 Å². The van der Waals surface area contributed by atoms with Gasteiger partial charge in [-0.3, -0.25) is 10.2 Å². The highest BCUT2D eigenvalue weighted by Crippen LogP contribution is 2.39. The molecule has 1 aliphatic rings. The average Bonchev–Trinajstić information content (AvgIpc) is 2.63. The number of nitrogens with zero attached hydrogens (tertiary/aromatic N) is 3. The van der Waals surface area contributed by atoms with Crippen molar-refractivity contribution in [2.45, 2.75) is 26.8 Å². The minimum atomic E-state index is -0.246. The topological polar surface area (TPSA) is 84.9 Å². The molecule has 0 spiro atoms. The van der Waals surface area contributed by atoms with Gasteiger partial charge in [-0.05, 0) is 39.0 Å². The van der Waals surface area contributed by atoms with Gasteiger partial charge in [0.25, 0.3) is 5.56 Å². The second-order valence-corrected chi connectivity index (χ2v) is 7.00. The molecule has 2 aromatic rings. The average molecular weight is 410 g/mol. The van der Waals surface area contributed by atoms with E-state index in [0.29, 0.717) is 17.0 Å². The van der Waals surface area contributed by atoms with E-state index in [2.05, 4.69) is 10.4 Å². The molecule has 0 radical (unpaired) electrons. The molecule has 0 amide bonds. The Morgan fingerprint density at radius 1 is 1.30 bits per heavy atom. The molecule has 2 heterocycles. The summed E-state index contributed by atoms with van der Waals surface area (Å²) in [6.45, 7) is 5.50. The summed E-state index contributed by atoms with van der Waals surface area (Å²) in [7, 11) is 0. The van der Waals surface area contributed by atoms with E-state index in [-0.39, 0.29) is 45.7 Å². The molecule has 0 unspecified atom stereocenters. The molecule has 0 aliphatic carbocycles. The maximum Gasteiger partial charge on any atom is 0.253 e. The highest BCUT2D eigenvalue weighted by atomic mass is 35.5. The molecule has 3 N–H and O–H groups in total. The first-order valence-corrected chi connectivity index (χ1v) is 8.82. The van der Waals surface area contributed by atoms with Gasteiger partial charge in [0.1, 0.15) is 19.3 Å². The highest BCUT2D eigenvalue weighted by molar-refractivity contribution is 6.37. The zero-order chi connectivity index (χ0) is 21.5. The first-order chi connectivity index (χ1) is 13.6. The van der Waals surface area contributed by atoms with Crippen LogP contribution >= 0.6 is 23.2 Å². The van der Waals surface area contributed by atoms with Gasteiger partial charge in [-0.2, -0.15) is 0 Å². The van der Waals surface area contributed by atoms with Crippen molar-refractivity contribution in [1.29, 1.82) is 0 Å². The summed E-state index contributed by atoms with van der Waals surface area (Å²) in [5.41, 5.74) is 9.17. The van der Waals surface area contributed by atoms with Gasteiger partial charge in [0.05, 0.1) is 29.5 Å².